The molecule has 0 fully saturated rings. The number of rotatable bonds is 3. The maximum atomic E-state index is 3.79. The van der Waals surface area contributed by atoms with Crippen LogP contribution in [0.25, 0.3) is 28.3 Å². The fourth-order valence-electron chi connectivity index (χ4n) is 5.63. The molecule has 0 unspecified atom stereocenters. The van der Waals surface area contributed by atoms with Crippen molar-refractivity contribution in [1.29, 1.82) is 0 Å². The number of halogens is 2. The van der Waals surface area contributed by atoms with Crippen LogP contribution in [0.15, 0.2) is 91.0 Å². The van der Waals surface area contributed by atoms with E-state index in [-0.39, 0.29) is 50.7 Å². The van der Waals surface area contributed by atoms with Gasteiger partial charge in [-0.15, -0.1) is 34.1 Å². The van der Waals surface area contributed by atoms with Crippen molar-refractivity contribution in [3.05, 3.63) is 146 Å². The van der Waals surface area contributed by atoms with Crippen LogP contribution in [0.3, 0.4) is 0 Å². The summed E-state index contributed by atoms with van der Waals surface area (Å²) >= 11 is 0. The summed E-state index contributed by atoms with van der Waals surface area (Å²) in [7, 11) is 0. The standard InChI is InChI=1S/C35H29.2ClH.Hf/c1-22-9-7-13-27(17-22)35(28-14-8-10-23(2)18-28)31-21-32-30-16-15-24(3)19-29(30)20-33(32)34(25(31)4)26-11-5-6-12-26;;;/h5-11,13-19,21H,12H2,1-4H3;2*1H;/q-1;;;/p-2. The molecule has 0 bridgehead atoms. The van der Waals surface area contributed by atoms with Crippen LogP contribution in [0.1, 0.15) is 50.9 Å². The number of allylic oxidation sites excluding steroid dienone is 4. The molecule has 0 aromatic heterocycles. The van der Waals surface area contributed by atoms with Gasteiger partial charge in [-0.3, -0.25) is 0 Å². The summed E-state index contributed by atoms with van der Waals surface area (Å²) in [6.45, 7) is 8.81. The summed E-state index contributed by atoms with van der Waals surface area (Å²) in [5.74, 6) is 0. The molecule has 0 amide bonds. The van der Waals surface area contributed by atoms with E-state index in [1.165, 1.54) is 77.2 Å². The quantitative estimate of drug-likeness (QED) is 0.197. The van der Waals surface area contributed by atoms with E-state index in [9.17, 15) is 0 Å². The summed E-state index contributed by atoms with van der Waals surface area (Å²) in [5.41, 5.74) is 15.5. The first-order chi connectivity index (χ1) is 17.0. The number of benzene rings is 4. The smallest absolute Gasteiger partial charge is 0 e. The molecule has 38 heavy (non-hydrogen) atoms. The van der Waals surface area contributed by atoms with Crippen molar-refractivity contribution in [1.82, 2.24) is 0 Å². The van der Waals surface area contributed by atoms with Gasteiger partial charge in [-0.1, -0.05) is 118 Å². The number of fused-ring (bicyclic) bond motifs is 3. The van der Waals surface area contributed by atoms with Crippen LogP contribution >= 0.6 is 0 Å². The van der Waals surface area contributed by atoms with E-state index >= 15 is 0 Å². The monoisotopic (exact) mass is 699 g/mol. The SMILES string of the molecule is Cc1cccc(C(c2cccc(C)c2)=c2cc3c(c(C4=CC=CC4)c2C)=[C-]c2cc(C)ccc2-3)c1.[Cl-].[Cl-].[Hf]. The van der Waals surface area contributed by atoms with Crippen molar-refractivity contribution in [2.24, 2.45) is 0 Å². The molecule has 0 N–H and O–H groups in total. The van der Waals surface area contributed by atoms with E-state index in [1.807, 2.05) is 0 Å². The van der Waals surface area contributed by atoms with Gasteiger partial charge in [-0.25, -0.2) is 0 Å². The van der Waals surface area contributed by atoms with Gasteiger partial charge in [0.2, 0.25) is 0 Å². The Morgan fingerprint density at radius 1 is 0.711 bits per heavy atom. The second-order valence-corrected chi connectivity index (χ2v) is 9.96. The van der Waals surface area contributed by atoms with Crippen LogP contribution in [-0.2, 0) is 25.8 Å². The largest absolute Gasteiger partial charge is 1.00 e. The van der Waals surface area contributed by atoms with Crippen molar-refractivity contribution in [2.75, 3.05) is 0 Å². The van der Waals surface area contributed by atoms with Crippen LogP contribution < -0.4 is 35.3 Å². The third-order valence-electron chi connectivity index (χ3n) is 7.29. The van der Waals surface area contributed by atoms with Gasteiger partial charge in [-0.2, -0.15) is 0 Å². The molecule has 0 spiro atoms. The van der Waals surface area contributed by atoms with Crippen LogP contribution in [0, 0.1) is 27.7 Å². The zero-order chi connectivity index (χ0) is 24.1. The Bertz CT molecular complexity index is 1660. The molecule has 0 atom stereocenters. The summed E-state index contributed by atoms with van der Waals surface area (Å²) in [6.07, 6.45) is 11.5. The van der Waals surface area contributed by atoms with E-state index < -0.39 is 0 Å². The normalized spacial score (nSPS) is 12.3. The molecule has 0 nitrogen and oxygen atoms in total. The second-order valence-electron chi connectivity index (χ2n) is 9.96. The third kappa shape index (κ3) is 5.35. The van der Waals surface area contributed by atoms with Gasteiger partial charge >= 0.3 is 0 Å². The molecule has 2 aliphatic rings. The zero-order valence-corrected chi connectivity index (χ0v) is 27.2. The summed E-state index contributed by atoms with van der Waals surface area (Å²) in [4.78, 5) is 0. The van der Waals surface area contributed by atoms with Crippen molar-refractivity contribution in [3.8, 4) is 11.1 Å². The molecular formula is C35H29Cl2Hf-3. The number of aryl methyl sites for hydroxylation is 3. The van der Waals surface area contributed by atoms with Gasteiger partial charge in [0.15, 0.2) is 0 Å². The van der Waals surface area contributed by atoms with Gasteiger partial charge < -0.3 is 24.8 Å². The minimum atomic E-state index is 0. The van der Waals surface area contributed by atoms with Crippen molar-refractivity contribution < 1.29 is 50.7 Å². The molecule has 0 aliphatic heterocycles. The van der Waals surface area contributed by atoms with E-state index in [0.29, 0.717) is 0 Å². The Labute approximate surface area is 257 Å². The molecule has 0 radical (unpaired) electrons. The van der Waals surface area contributed by atoms with E-state index in [4.69, 9.17) is 0 Å². The van der Waals surface area contributed by atoms with Gasteiger partial charge in [-0.05, 0) is 56.0 Å². The Balaban J connectivity index is 0.00000133. The molecule has 4 aromatic carbocycles. The molecule has 0 saturated carbocycles. The van der Waals surface area contributed by atoms with Crippen molar-refractivity contribution in [2.45, 2.75) is 34.1 Å². The fourth-order valence-corrected chi connectivity index (χ4v) is 5.63. The first-order valence-corrected chi connectivity index (χ1v) is 12.4. The Morgan fingerprint density at radius 3 is 1.92 bits per heavy atom. The third-order valence-corrected chi connectivity index (χ3v) is 7.29. The Kier molecular flexibility index (Phi) is 9.63. The molecular weight excluding hydrogens is 670 g/mol. The van der Waals surface area contributed by atoms with Gasteiger partial charge in [0.05, 0.1) is 0 Å². The minimum absolute atomic E-state index is 0. The number of hydrogen-bond donors (Lipinski definition) is 0. The van der Waals surface area contributed by atoms with Crippen LogP contribution in [0.4, 0.5) is 0 Å². The van der Waals surface area contributed by atoms with Gasteiger partial charge in [0.1, 0.15) is 0 Å². The summed E-state index contributed by atoms with van der Waals surface area (Å²) in [6, 6.07) is 27.0. The van der Waals surface area contributed by atoms with Crippen molar-refractivity contribution >= 4 is 17.2 Å². The van der Waals surface area contributed by atoms with Crippen LogP contribution in [0.5, 0.6) is 0 Å². The maximum absolute atomic E-state index is 3.79. The molecule has 190 valence electrons. The molecule has 6 rings (SSSR count). The van der Waals surface area contributed by atoms with Gasteiger partial charge in [0, 0.05) is 25.8 Å². The van der Waals surface area contributed by atoms with Gasteiger partial charge in [0.25, 0.3) is 0 Å². The maximum Gasteiger partial charge on any atom is 0 e. The predicted octanol–water partition coefficient (Wildman–Crippen LogP) is 1.20. The average Bonchev–Trinajstić information content (AvgIpc) is 3.47. The van der Waals surface area contributed by atoms with Crippen LogP contribution in [-0.4, -0.2) is 0 Å². The van der Waals surface area contributed by atoms with E-state index in [1.54, 1.807) is 0 Å². The van der Waals surface area contributed by atoms with Crippen LogP contribution in [0.2, 0.25) is 0 Å². The summed E-state index contributed by atoms with van der Waals surface area (Å²) < 4.78 is 0. The average molecular weight is 699 g/mol. The first kappa shape index (κ1) is 30.1. The zero-order valence-electron chi connectivity index (χ0n) is 22.1. The topological polar surface area (TPSA) is 0 Å². The molecule has 3 heteroatoms. The fraction of sp³-hybridized carbons (Fsp3) is 0.143. The Morgan fingerprint density at radius 2 is 1.34 bits per heavy atom. The van der Waals surface area contributed by atoms with E-state index in [0.717, 1.165) is 6.42 Å². The second kappa shape index (κ2) is 12.2. The molecule has 0 heterocycles. The number of hydrogen-bond acceptors (Lipinski definition) is 0. The molecule has 2 aliphatic carbocycles. The summed E-state index contributed by atoms with van der Waals surface area (Å²) in [5, 5.41) is 2.55. The molecule has 4 aromatic rings. The molecule has 0 saturated heterocycles. The Hall–Kier alpha value is -2.45. The predicted molar refractivity (Wildman–Crippen MR) is 149 cm³/mol. The van der Waals surface area contributed by atoms with Crippen molar-refractivity contribution in [3.63, 3.8) is 0 Å². The van der Waals surface area contributed by atoms with E-state index in [2.05, 4.69) is 125 Å². The minimum Gasteiger partial charge on any atom is -1.00 e. The first-order valence-electron chi connectivity index (χ1n) is 12.4.